The van der Waals surface area contributed by atoms with Crippen molar-refractivity contribution in [3.63, 3.8) is 0 Å². The Morgan fingerprint density at radius 3 is 2.76 bits per heavy atom. The van der Waals surface area contributed by atoms with Crippen LogP contribution in [0.1, 0.15) is 5.01 Å². The number of nitrogens with two attached hydrogens (primary N) is 1. The molecule has 0 radical (unpaired) electrons. The number of nitrogens with zero attached hydrogens (tertiary/aromatic N) is 1. The third-order valence-electron chi connectivity index (χ3n) is 2.20. The largest absolute Gasteiger partial charge is 0.492 e. The minimum Gasteiger partial charge on any atom is -0.492 e. The second kappa shape index (κ2) is 6.00. The number of rotatable bonds is 5. The zero-order valence-corrected chi connectivity index (χ0v) is 10.7. The Morgan fingerprint density at radius 2 is 2.12 bits per heavy atom. The molecule has 0 saturated carbocycles. The summed E-state index contributed by atoms with van der Waals surface area (Å²) in [6.07, 6.45) is 2.53. The van der Waals surface area contributed by atoms with Gasteiger partial charge in [-0.25, -0.2) is 4.98 Å². The second-order valence-electron chi connectivity index (χ2n) is 3.65. The van der Waals surface area contributed by atoms with Crippen molar-refractivity contribution in [1.82, 2.24) is 4.98 Å². The Balaban J connectivity index is 1.79. The van der Waals surface area contributed by atoms with Crippen LogP contribution in [0.4, 0.5) is 0 Å². The number of halogens is 1. The van der Waals surface area contributed by atoms with E-state index in [-0.39, 0.29) is 6.04 Å². The Kier molecular flexibility index (Phi) is 4.36. The zero-order chi connectivity index (χ0) is 12.1. The summed E-state index contributed by atoms with van der Waals surface area (Å²) < 4.78 is 5.56. The van der Waals surface area contributed by atoms with Gasteiger partial charge in [-0.05, 0) is 24.3 Å². The van der Waals surface area contributed by atoms with Gasteiger partial charge in [0.25, 0.3) is 0 Å². The second-order valence-corrected chi connectivity index (χ2v) is 5.07. The first kappa shape index (κ1) is 12.4. The highest BCUT2D eigenvalue weighted by Crippen LogP contribution is 2.16. The van der Waals surface area contributed by atoms with Gasteiger partial charge in [0.2, 0.25) is 0 Å². The Bertz CT molecular complexity index is 444. The predicted octanol–water partition coefficient (Wildman–Crippen LogP) is 2.75. The molecule has 0 amide bonds. The van der Waals surface area contributed by atoms with Crippen molar-refractivity contribution in [2.45, 2.75) is 12.5 Å². The fourth-order valence-electron chi connectivity index (χ4n) is 1.37. The van der Waals surface area contributed by atoms with Crippen LogP contribution in [-0.4, -0.2) is 17.6 Å². The van der Waals surface area contributed by atoms with E-state index in [4.69, 9.17) is 22.1 Å². The molecule has 3 nitrogen and oxygen atoms in total. The third kappa shape index (κ3) is 4.00. The first-order valence-electron chi connectivity index (χ1n) is 5.26. The number of ether oxygens (including phenoxy) is 1. The van der Waals surface area contributed by atoms with E-state index < -0.39 is 0 Å². The van der Waals surface area contributed by atoms with Gasteiger partial charge in [-0.2, -0.15) is 0 Å². The normalized spacial score (nSPS) is 12.4. The molecular formula is C12H13ClN2OS. The maximum absolute atomic E-state index is 5.96. The predicted molar refractivity (Wildman–Crippen MR) is 70.7 cm³/mol. The van der Waals surface area contributed by atoms with Gasteiger partial charge in [0.1, 0.15) is 12.4 Å². The summed E-state index contributed by atoms with van der Waals surface area (Å²) in [5.74, 6) is 0.781. The maximum atomic E-state index is 5.96. The van der Waals surface area contributed by atoms with E-state index in [0.29, 0.717) is 11.6 Å². The van der Waals surface area contributed by atoms with Crippen LogP contribution in [0.25, 0.3) is 0 Å². The summed E-state index contributed by atoms with van der Waals surface area (Å²) in [4.78, 5) is 4.19. The molecule has 0 bridgehead atoms. The van der Waals surface area contributed by atoms with Crippen LogP contribution in [0.15, 0.2) is 35.8 Å². The van der Waals surface area contributed by atoms with Crippen molar-refractivity contribution in [3.05, 3.63) is 45.9 Å². The van der Waals surface area contributed by atoms with Gasteiger partial charge in [-0.3, -0.25) is 0 Å². The Morgan fingerprint density at radius 1 is 1.35 bits per heavy atom. The lowest BCUT2D eigenvalue weighted by atomic mass is 10.2. The summed E-state index contributed by atoms with van der Waals surface area (Å²) >= 11 is 7.39. The lowest BCUT2D eigenvalue weighted by Gasteiger charge is -2.11. The van der Waals surface area contributed by atoms with E-state index >= 15 is 0 Å². The molecular weight excluding hydrogens is 256 g/mol. The van der Waals surface area contributed by atoms with Crippen molar-refractivity contribution in [3.8, 4) is 5.75 Å². The van der Waals surface area contributed by atoms with E-state index in [1.54, 1.807) is 29.7 Å². The van der Waals surface area contributed by atoms with Crippen molar-refractivity contribution in [2.75, 3.05) is 6.61 Å². The molecule has 1 unspecified atom stereocenters. The van der Waals surface area contributed by atoms with Crippen molar-refractivity contribution in [2.24, 2.45) is 5.73 Å². The molecule has 90 valence electrons. The number of thiazole rings is 1. The van der Waals surface area contributed by atoms with E-state index in [1.807, 2.05) is 17.5 Å². The SMILES string of the molecule is NC(COc1ccc(Cl)cc1)Cc1nccs1. The van der Waals surface area contributed by atoms with Gasteiger partial charge >= 0.3 is 0 Å². The van der Waals surface area contributed by atoms with Crippen LogP contribution >= 0.6 is 22.9 Å². The van der Waals surface area contributed by atoms with Crippen molar-refractivity contribution < 1.29 is 4.74 Å². The third-order valence-corrected chi connectivity index (χ3v) is 3.25. The smallest absolute Gasteiger partial charge is 0.119 e. The number of hydrogen-bond acceptors (Lipinski definition) is 4. The fraction of sp³-hybridized carbons (Fsp3) is 0.250. The zero-order valence-electron chi connectivity index (χ0n) is 9.17. The van der Waals surface area contributed by atoms with Crippen LogP contribution in [0.5, 0.6) is 5.75 Å². The van der Waals surface area contributed by atoms with Gasteiger partial charge in [0, 0.05) is 29.1 Å². The summed E-state index contributed by atoms with van der Waals surface area (Å²) in [5, 5.41) is 3.68. The van der Waals surface area contributed by atoms with Crippen LogP contribution in [0, 0.1) is 0 Å². The summed E-state index contributed by atoms with van der Waals surface area (Å²) in [7, 11) is 0. The summed E-state index contributed by atoms with van der Waals surface area (Å²) in [6, 6.07) is 7.21. The standard InChI is InChI=1S/C12H13ClN2OS/c13-9-1-3-11(4-2-9)16-8-10(14)7-12-15-5-6-17-12/h1-6,10H,7-8,14H2. The van der Waals surface area contributed by atoms with Gasteiger partial charge in [0.05, 0.1) is 5.01 Å². The first-order valence-corrected chi connectivity index (χ1v) is 6.52. The van der Waals surface area contributed by atoms with E-state index in [2.05, 4.69) is 4.98 Å². The summed E-state index contributed by atoms with van der Waals surface area (Å²) in [5.41, 5.74) is 5.96. The summed E-state index contributed by atoms with van der Waals surface area (Å²) in [6.45, 7) is 0.473. The van der Waals surface area contributed by atoms with Crippen molar-refractivity contribution >= 4 is 22.9 Å². The van der Waals surface area contributed by atoms with Crippen LogP contribution in [0.2, 0.25) is 5.02 Å². The van der Waals surface area contributed by atoms with Crippen LogP contribution < -0.4 is 10.5 Å². The minimum absolute atomic E-state index is 0.0446. The first-order chi connectivity index (χ1) is 8.24. The highest BCUT2D eigenvalue weighted by atomic mass is 35.5. The molecule has 1 heterocycles. The quantitative estimate of drug-likeness (QED) is 0.907. The van der Waals surface area contributed by atoms with Gasteiger partial charge < -0.3 is 10.5 Å². The van der Waals surface area contributed by atoms with Crippen LogP contribution in [0.3, 0.4) is 0 Å². The monoisotopic (exact) mass is 268 g/mol. The lowest BCUT2D eigenvalue weighted by Crippen LogP contribution is -2.30. The van der Waals surface area contributed by atoms with E-state index in [0.717, 1.165) is 17.2 Å². The topological polar surface area (TPSA) is 48.1 Å². The molecule has 0 spiro atoms. The van der Waals surface area contributed by atoms with Gasteiger partial charge in [-0.1, -0.05) is 11.6 Å². The molecule has 0 aliphatic heterocycles. The molecule has 1 aromatic carbocycles. The molecule has 0 aliphatic rings. The fourth-order valence-corrected chi connectivity index (χ4v) is 2.21. The molecule has 2 N–H and O–H groups in total. The lowest BCUT2D eigenvalue weighted by molar-refractivity contribution is 0.287. The van der Waals surface area contributed by atoms with E-state index in [1.165, 1.54) is 0 Å². The molecule has 5 heteroatoms. The highest BCUT2D eigenvalue weighted by Gasteiger charge is 2.07. The minimum atomic E-state index is -0.0446. The molecule has 2 aromatic rings. The van der Waals surface area contributed by atoms with Crippen LogP contribution in [-0.2, 0) is 6.42 Å². The average molecular weight is 269 g/mol. The maximum Gasteiger partial charge on any atom is 0.119 e. The molecule has 0 saturated heterocycles. The molecule has 1 atom stereocenters. The van der Waals surface area contributed by atoms with Gasteiger partial charge in [0.15, 0.2) is 0 Å². The average Bonchev–Trinajstić information content (AvgIpc) is 2.81. The molecule has 1 aromatic heterocycles. The number of hydrogen-bond donors (Lipinski definition) is 1. The number of aromatic nitrogens is 1. The Labute approximate surface area is 109 Å². The van der Waals surface area contributed by atoms with Gasteiger partial charge in [-0.15, -0.1) is 11.3 Å². The molecule has 0 aliphatic carbocycles. The Hall–Kier alpha value is -1.10. The molecule has 0 fully saturated rings. The number of benzene rings is 1. The molecule has 2 rings (SSSR count). The van der Waals surface area contributed by atoms with Crippen molar-refractivity contribution in [1.29, 1.82) is 0 Å². The molecule has 17 heavy (non-hydrogen) atoms. The highest BCUT2D eigenvalue weighted by molar-refractivity contribution is 7.09. The van der Waals surface area contributed by atoms with E-state index in [9.17, 15) is 0 Å².